The van der Waals surface area contributed by atoms with Gasteiger partial charge < -0.3 is 4.98 Å². The van der Waals surface area contributed by atoms with E-state index in [9.17, 15) is 4.79 Å². The van der Waals surface area contributed by atoms with Gasteiger partial charge in [-0.1, -0.05) is 50.1 Å². The number of hydrogen-bond donors (Lipinski definition) is 2. The Morgan fingerprint density at radius 1 is 1.43 bits per heavy atom. The number of benzene rings is 1. The Hall–Kier alpha value is -1.14. The number of carbonyl (C=O) groups excluding carboxylic acids is 1. The molecule has 1 aliphatic carbocycles. The highest BCUT2D eigenvalue weighted by atomic mass is 79.9. The summed E-state index contributed by atoms with van der Waals surface area (Å²) in [5, 5.41) is 5.21. The van der Waals surface area contributed by atoms with Crippen molar-refractivity contribution in [1.29, 1.82) is 0 Å². The third kappa shape index (κ3) is 2.44. The normalized spacial score (nSPS) is 23.6. The van der Waals surface area contributed by atoms with E-state index in [2.05, 4.69) is 47.4 Å². The van der Waals surface area contributed by atoms with E-state index in [0.717, 1.165) is 28.6 Å². The van der Waals surface area contributed by atoms with Crippen LogP contribution < -0.4 is 5.43 Å². The van der Waals surface area contributed by atoms with Crippen LogP contribution in [0.5, 0.6) is 0 Å². The van der Waals surface area contributed by atoms with Gasteiger partial charge in [-0.05, 0) is 26.3 Å². The first-order chi connectivity index (χ1) is 9.85. The highest BCUT2D eigenvalue weighted by molar-refractivity contribution is 9.25. The molecule has 1 aliphatic rings. The van der Waals surface area contributed by atoms with Crippen molar-refractivity contribution in [1.82, 2.24) is 10.4 Å². The molecule has 0 saturated heterocycles. The summed E-state index contributed by atoms with van der Waals surface area (Å²) in [5.41, 5.74) is 5.26. The van der Waals surface area contributed by atoms with Gasteiger partial charge >= 0.3 is 0 Å². The number of carbonyl (C=O) groups is 1. The van der Waals surface area contributed by atoms with Gasteiger partial charge in [0.2, 0.25) is 5.91 Å². The van der Waals surface area contributed by atoms with E-state index in [1.807, 2.05) is 38.1 Å². The second-order valence-corrected chi connectivity index (χ2v) is 9.39. The quantitative estimate of drug-likeness (QED) is 0.449. The van der Waals surface area contributed by atoms with Gasteiger partial charge in [0.15, 0.2) is 0 Å². The number of aromatic nitrogens is 1. The van der Waals surface area contributed by atoms with Crippen LogP contribution in [0.4, 0.5) is 0 Å². The van der Waals surface area contributed by atoms with E-state index < -0.39 is 5.41 Å². The SMILES string of the molecule is Cc1[nH]c2ccccc2c1/C=N\NC(=O)[C@]1(C)CC1(Br)Br. The summed E-state index contributed by atoms with van der Waals surface area (Å²) in [5.74, 6) is -0.0926. The van der Waals surface area contributed by atoms with E-state index in [1.165, 1.54) is 0 Å². The topological polar surface area (TPSA) is 57.2 Å². The number of nitrogens with one attached hydrogen (secondary N) is 2. The van der Waals surface area contributed by atoms with E-state index in [0.29, 0.717) is 0 Å². The molecule has 1 aromatic carbocycles. The number of aromatic amines is 1. The average molecular weight is 413 g/mol. The zero-order chi connectivity index (χ0) is 15.3. The standard InChI is InChI=1S/C15H15Br2N3O/c1-9-11(10-5-3-4-6-12(10)19-9)7-18-20-13(21)14(2)8-15(14,16)17/h3-7,19H,8H2,1-2H3,(H,20,21)/b18-7-/t14-/m0/s1. The van der Waals surface area contributed by atoms with Crippen LogP contribution in [0.1, 0.15) is 24.6 Å². The summed E-state index contributed by atoms with van der Waals surface area (Å²) in [6.45, 7) is 3.89. The van der Waals surface area contributed by atoms with Crippen LogP contribution in [0.3, 0.4) is 0 Å². The van der Waals surface area contributed by atoms with Gasteiger partial charge in [0.25, 0.3) is 0 Å². The number of para-hydroxylation sites is 1. The van der Waals surface area contributed by atoms with E-state index in [1.54, 1.807) is 6.21 Å². The van der Waals surface area contributed by atoms with Crippen molar-refractivity contribution in [2.24, 2.45) is 10.5 Å². The minimum Gasteiger partial charge on any atom is -0.358 e. The molecule has 0 bridgehead atoms. The van der Waals surface area contributed by atoms with Crippen molar-refractivity contribution in [2.75, 3.05) is 0 Å². The van der Waals surface area contributed by atoms with Crippen LogP contribution in [0.25, 0.3) is 10.9 Å². The number of hydrazone groups is 1. The Kier molecular flexibility index (Phi) is 3.48. The number of halogens is 2. The van der Waals surface area contributed by atoms with Crippen molar-refractivity contribution in [3.05, 3.63) is 35.5 Å². The van der Waals surface area contributed by atoms with Gasteiger partial charge in [-0.2, -0.15) is 5.10 Å². The average Bonchev–Trinajstić information content (AvgIpc) is 2.79. The first-order valence-electron chi connectivity index (χ1n) is 6.64. The number of rotatable bonds is 3. The van der Waals surface area contributed by atoms with Crippen LogP contribution >= 0.6 is 31.9 Å². The summed E-state index contributed by atoms with van der Waals surface area (Å²) in [6.07, 6.45) is 2.44. The highest BCUT2D eigenvalue weighted by Crippen LogP contribution is 2.66. The highest BCUT2D eigenvalue weighted by Gasteiger charge is 2.66. The number of nitrogens with zero attached hydrogens (tertiary/aromatic N) is 1. The summed E-state index contributed by atoms with van der Waals surface area (Å²) in [7, 11) is 0. The molecule has 6 heteroatoms. The summed E-state index contributed by atoms with van der Waals surface area (Å²) < 4.78 is -0.302. The Morgan fingerprint density at radius 3 is 2.76 bits per heavy atom. The molecule has 3 rings (SSSR count). The fourth-order valence-corrected chi connectivity index (χ4v) is 3.87. The zero-order valence-corrected chi connectivity index (χ0v) is 14.9. The third-order valence-electron chi connectivity index (χ3n) is 4.06. The molecule has 4 nitrogen and oxygen atoms in total. The van der Waals surface area contributed by atoms with Crippen LogP contribution in [0.2, 0.25) is 0 Å². The van der Waals surface area contributed by atoms with Gasteiger partial charge in [-0.15, -0.1) is 0 Å². The minimum absolute atomic E-state index is 0.0926. The first kappa shape index (κ1) is 14.8. The number of H-pyrrole nitrogens is 1. The molecule has 1 heterocycles. The fraction of sp³-hybridized carbons (Fsp3) is 0.333. The van der Waals surface area contributed by atoms with Crippen LogP contribution in [-0.2, 0) is 4.79 Å². The number of aryl methyl sites for hydroxylation is 1. The van der Waals surface area contributed by atoms with Crippen LogP contribution in [-0.4, -0.2) is 20.3 Å². The van der Waals surface area contributed by atoms with E-state index in [4.69, 9.17) is 0 Å². The second kappa shape index (κ2) is 4.95. The summed E-state index contributed by atoms with van der Waals surface area (Å²) in [6, 6.07) is 8.03. The minimum atomic E-state index is -0.459. The second-order valence-electron chi connectivity index (χ2n) is 5.62. The maximum atomic E-state index is 12.1. The summed E-state index contributed by atoms with van der Waals surface area (Å²) in [4.78, 5) is 15.4. The molecule has 1 fully saturated rings. The fourth-order valence-electron chi connectivity index (χ4n) is 2.39. The number of hydrogen-bond acceptors (Lipinski definition) is 2. The molecule has 2 aromatic rings. The van der Waals surface area contributed by atoms with Crippen LogP contribution in [0.15, 0.2) is 29.4 Å². The predicted octanol–water partition coefficient (Wildman–Crippen LogP) is 3.82. The first-order valence-corrected chi connectivity index (χ1v) is 8.22. The Balaban J connectivity index is 1.77. The molecular formula is C15H15Br2N3O. The number of fused-ring (bicyclic) bond motifs is 1. The molecule has 110 valence electrons. The lowest BCUT2D eigenvalue weighted by Gasteiger charge is -2.09. The third-order valence-corrected chi connectivity index (χ3v) is 6.37. The van der Waals surface area contributed by atoms with Gasteiger partial charge in [-0.3, -0.25) is 4.79 Å². The molecular weight excluding hydrogens is 398 g/mol. The van der Waals surface area contributed by atoms with Gasteiger partial charge in [-0.25, -0.2) is 5.43 Å². The lowest BCUT2D eigenvalue weighted by Crippen LogP contribution is -2.29. The van der Waals surface area contributed by atoms with Crippen molar-refractivity contribution in [2.45, 2.75) is 23.5 Å². The maximum absolute atomic E-state index is 12.1. The molecule has 2 N–H and O–H groups in total. The summed E-state index contributed by atoms with van der Waals surface area (Å²) >= 11 is 6.97. The van der Waals surface area contributed by atoms with Gasteiger partial charge in [0.1, 0.15) is 0 Å². The van der Waals surface area contributed by atoms with E-state index in [-0.39, 0.29) is 9.14 Å². The Bertz CT molecular complexity index is 750. The molecule has 0 unspecified atom stereocenters. The molecule has 1 atom stereocenters. The van der Waals surface area contributed by atoms with Crippen molar-refractivity contribution in [3.63, 3.8) is 0 Å². The largest absolute Gasteiger partial charge is 0.358 e. The predicted molar refractivity (Wildman–Crippen MR) is 92.1 cm³/mol. The Labute approximate surface area is 139 Å². The van der Waals surface area contributed by atoms with Crippen molar-refractivity contribution < 1.29 is 4.79 Å². The number of amides is 1. The van der Waals surface area contributed by atoms with Crippen LogP contribution in [0, 0.1) is 12.3 Å². The molecule has 1 aromatic heterocycles. The zero-order valence-electron chi connectivity index (χ0n) is 11.7. The molecule has 0 aliphatic heterocycles. The smallest absolute Gasteiger partial charge is 0.248 e. The Morgan fingerprint density at radius 2 is 2.10 bits per heavy atom. The number of alkyl halides is 2. The van der Waals surface area contributed by atoms with E-state index >= 15 is 0 Å². The molecule has 0 radical (unpaired) electrons. The molecule has 1 saturated carbocycles. The molecule has 1 amide bonds. The lowest BCUT2D eigenvalue weighted by atomic mass is 10.1. The van der Waals surface area contributed by atoms with Gasteiger partial charge in [0, 0.05) is 22.2 Å². The van der Waals surface area contributed by atoms with Crippen molar-refractivity contribution in [3.8, 4) is 0 Å². The van der Waals surface area contributed by atoms with Gasteiger partial charge in [0.05, 0.1) is 14.9 Å². The maximum Gasteiger partial charge on any atom is 0.248 e. The molecule has 0 spiro atoms. The lowest BCUT2D eigenvalue weighted by molar-refractivity contribution is -0.125. The monoisotopic (exact) mass is 411 g/mol. The van der Waals surface area contributed by atoms with Crippen molar-refractivity contribution >= 4 is 54.9 Å². The molecule has 21 heavy (non-hydrogen) atoms.